The lowest BCUT2D eigenvalue weighted by atomic mass is 9.79. The summed E-state index contributed by atoms with van der Waals surface area (Å²) in [6, 6.07) is 4.80. The predicted molar refractivity (Wildman–Crippen MR) is 148 cm³/mol. The second-order valence-electron chi connectivity index (χ2n) is 12.9. The van der Waals surface area contributed by atoms with Crippen LogP contribution in [0.5, 0.6) is 5.75 Å². The number of amides is 1. The summed E-state index contributed by atoms with van der Waals surface area (Å²) in [7, 11) is 0. The third kappa shape index (κ3) is 6.05. The van der Waals surface area contributed by atoms with E-state index in [0.717, 1.165) is 23.3 Å². The van der Waals surface area contributed by atoms with Crippen molar-refractivity contribution in [2.24, 2.45) is 11.8 Å². The van der Waals surface area contributed by atoms with Gasteiger partial charge in [-0.05, 0) is 86.2 Å². The number of piperidine rings is 1. The molecule has 3 fully saturated rings. The fourth-order valence-corrected chi connectivity index (χ4v) is 7.37. The summed E-state index contributed by atoms with van der Waals surface area (Å²) in [6.45, 7) is 2.60. The standard InChI is InChI=1S/C32H33F7N2O5/c1-17-13-40(9-7-23(17)18-2-5-26(33)24(11-18)28(42)43)22-6-8-30(46-15-22,20-3-4-20)29(44)41-14-19-10-21(31(34,35)36)12-25(32(37,38)39)27(19)45-16-41/h2,5,10-12,17,20,22-23H,3-4,6-9,13-16H2,1H3,(H,42,43)/t17-,22+,23-,30-/m0/s1. The first-order chi connectivity index (χ1) is 21.6. The highest BCUT2D eigenvalue weighted by atomic mass is 19.4. The highest BCUT2D eigenvalue weighted by Gasteiger charge is 2.56. The minimum Gasteiger partial charge on any atom is -0.478 e. The molecule has 1 aliphatic carbocycles. The molecule has 46 heavy (non-hydrogen) atoms. The molecule has 1 saturated carbocycles. The molecular formula is C32H33F7N2O5. The number of aromatic carboxylic acids is 1. The Morgan fingerprint density at radius 2 is 1.74 bits per heavy atom. The molecule has 2 aromatic rings. The van der Waals surface area contributed by atoms with E-state index < -0.39 is 65.8 Å². The Kier molecular flexibility index (Phi) is 8.27. The number of hydrogen-bond acceptors (Lipinski definition) is 5. The van der Waals surface area contributed by atoms with Crippen LogP contribution in [0.15, 0.2) is 30.3 Å². The molecule has 250 valence electrons. The molecule has 1 amide bonds. The number of ether oxygens (including phenoxy) is 2. The van der Waals surface area contributed by atoms with Gasteiger partial charge in [0.2, 0.25) is 0 Å². The Morgan fingerprint density at radius 1 is 1.00 bits per heavy atom. The molecule has 3 heterocycles. The van der Waals surface area contributed by atoms with Crippen LogP contribution in [0.1, 0.15) is 77.6 Å². The first kappa shape index (κ1) is 32.5. The average Bonchev–Trinajstić information content (AvgIpc) is 3.85. The van der Waals surface area contributed by atoms with E-state index >= 15 is 0 Å². The van der Waals surface area contributed by atoms with Gasteiger partial charge in [0, 0.05) is 18.2 Å². The van der Waals surface area contributed by atoms with Gasteiger partial charge >= 0.3 is 18.3 Å². The zero-order valence-electron chi connectivity index (χ0n) is 24.9. The summed E-state index contributed by atoms with van der Waals surface area (Å²) in [4.78, 5) is 28.8. The number of carboxylic acid groups (broad SMARTS) is 1. The molecule has 14 heteroatoms. The first-order valence-corrected chi connectivity index (χ1v) is 15.2. The Morgan fingerprint density at radius 3 is 2.33 bits per heavy atom. The number of hydrogen-bond donors (Lipinski definition) is 1. The van der Waals surface area contributed by atoms with Gasteiger partial charge in [-0.25, -0.2) is 9.18 Å². The summed E-state index contributed by atoms with van der Waals surface area (Å²) in [6.07, 6.45) is -7.02. The topological polar surface area (TPSA) is 79.3 Å². The van der Waals surface area contributed by atoms with Crippen LogP contribution in [-0.2, 0) is 28.4 Å². The molecule has 3 aliphatic heterocycles. The van der Waals surface area contributed by atoms with Crippen molar-refractivity contribution in [2.75, 3.05) is 26.4 Å². The first-order valence-electron chi connectivity index (χ1n) is 15.2. The van der Waals surface area contributed by atoms with Crippen LogP contribution in [0.2, 0.25) is 0 Å². The van der Waals surface area contributed by atoms with Crippen molar-refractivity contribution in [1.29, 1.82) is 0 Å². The number of alkyl halides is 6. The number of fused-ring (bicyclic) bond motifs is 1. The summed E-state index contributed by atoms with van der Waals surface area (Å²) >= 11 is 0. The maximum absolute atomic E-state index is 14.0. The van der Waals surface area contributed by atoms with Crippen LogP contribution in [-0.4, -0.2) is 64.9 Å². The maximum Gasteiger partial charge on any atom is 0.419 e. The monoisotopic (exact) mass is 658 g/mol. The lowest BCUT2D eigenvalue weighted by molar-refractivity contribution is -0.181. The van der Waals surface area contributed by atoms with Crippen molar-refractivity contribution in [3.63, 3.8) is 0 Å². The molecule has 2 saturated heterocycles. The van der Waals surface area contributed by atoms with E-state index in [1.165, 1.54) is 12.1 Å². The van der Waals surface area contributed by atoms with E-state index in [2.05, 4.69) is 4.90 Å². The Bertz CT molecular complexity index is 1520. The summed E-state index contributed by atoms with van der Waals surface area (Å²) < 4.78 is 107. The van der Waals surface area contributed by atoms with Crippen LogP contribution in [0.25, 0.3) is 0 Å². The van der Waals surface area contributed by atoms with E-state index in [1.54, 1.807) is 6.07 Å². The van der Waals surface area contributed by atoms with Gasteiger partial charge in [-0.3, -0.25) is 9.69 Å². The van der Waals surface area contributed by atoms with Gasteiger partial charge in [-0.1, -0.05) is 13.0 Å². The summed E-state index contributed by atoms with van der Waals surface area (Å²) in [5.41, 5.74) is -4.20. The SMILES string of the molecule is C[C@H]1CN([C@@H]2CC[C@@](C(=O)N3COc4c(cc(C(F)(F)F)cc4C(F)(F)F)C3)(C3CC3)OC2)CC[C@@H]1c1ccc(F)c(C(=O)O)c1. The minimum absolute atomic E-state index is 0.0205. The number of carbonyl (C=O) groups excluding carboxylic acids is 1. The number of benzene rings is 2. The van der Waals surface area contributed by atoms with E-state index in [0.29, 0.717) is 38.4 Å². The number of carbonyl (C=O) groups is 2. The van der Waals surface area contributed by atoms with Gasteiger partial charge in [0.1, 0.15) is 17.2 Å². The van der Waals surface area contributed by atoms with Gasteiger partial charge in [-0.15, -0.1) is 0 Å². The van der Waals surface area contributed by atoms with E-state index in [-0.39, 0.29) is 47.6 Å². The van der Waals surface area contributed by atoms with Crippen molar-refractivity contribution in [1.82, 2.24) is 9.80 Å². The molecule has 0 unspecified atom stereocenters. The van der Waals surface area contributed by atoms with Crippen LogP contribution in [0.3, 0.4) is 0 Å². The molecule has 0 radical (unpaired) electrons. The number of nitrogens with zero attached hydrogens (tertiary/aromatic N) is 2. The minimum atomic E-state index is -5.08. The van der Waals surface area contributed by atoms with Crippen molar-refractivity contribution in [3.8, 4) is 5.75 Å². The van der Waals surface area contributed by atoms with Crippen LogP contribution >= 0.6 is 0 Å². The Balaban J connectivity index is 1.14. The Hall–Kier alpha value is -3.39. The Labute approximate surface area is 260 Å². The third-order valence-electron chi connectivity index (χ3n) is 9.89. The van der Waals surface area contributed by atoms with Gasteiger partial charge < -0.3 is 19.5 Å². The molecule has 0 bridgehead atoms. The maximum atomic E-state index is 14.0. The quantitative estimate of drug-likeness (QED) is 0.361. The normalized spacial score (nSPS) is 27.6. The number of halogens is 7. The lowest BCUT2D eigenvalue weighted by Gasteiger charge is -2.47. The van der Waals surface area contributed by atoms with Gasteiger partial charge in [0.05, 0.1) is 29.8 Å². The highest BCUT2D eigenvalue weighted by Crippen LogP contribution is 2.50. The van der Waals surface area contributed by atoms with Crippen LogP contribution in [0.4, 0.5) is 30.7 Å². The molecule has 0 spiro atoms. The van der Waals surface area contributed by atoms with E-state index in [4.69, 9.17) is 9.47 Å². The molecular weight excluding hydrogens is 625 g/mol. The van der Waals surface area contributed by atoms with E-state index in [9.17, 15) is 45.4 Å². The predicted octanol–water partition coefficient (Wildman–Crippen LogP) is 6.69. The van der Waals surface area contributed by atoms with Gasteiger partial charge in [-0.2, -0.15) is 26.3 Å². The fourth-order valence-electron chi connectivity index (χ4n) is 7.37. The molecule has 1 N–H and O–H groups in total. The fraction of sp³-hybridized carbons (Fsp3) is 0.562. The van der Waals surface area contributed by atoms with Crippen LogP contribution in [0, 0.1) is 17.7 Å². The van der Waals surface area contributed by atoms with Crippen LogP contribution < -0.4 is 4.74 Å². The number of likely N-dealkylation sites (tertiary alicyclic amines) is 1. The third-order valence-corrected chi connectivity index (χ3v) is 9.89. The lowest BCUT2D eigenvalue weighted by Crippen LogP contribution is -2.59. The zero-order valence-corrected chi connectivity index (χ0v) is 24.9. The second-order valence-corrected chi connectivity index (χ2v) is 12.9. The number of carboxylic acids is 1. The van der Waals surface area contributed by atoms with Crippen molar-refractivity contribution in [3.05, 3.63) is 64.0 Å². The molecule has 4 atom stereocenters. The van der Waals surface area contributed by atoms with E-state index in [1.807, 2.05) is 6.92 Å². The smallest absolute Gasteiger partial charge is 0.419 e. The van der Waals surface area contributed by atoms with Crippen molar-refractivity contribution in [2.45, 2.75) is 75.5 Å². The molecule has 2 aromatic carbocycles. The summed E-state index contributed by atoms with van der Waals surface area (Å²) in [5.74, 6) is -3.27. The van der Waals surface area contributed by atoms with Gasteiger partial charge in [0.25, 0.3) is 5.91 Å². The molecule has 0 aromatic heterocycles. The average molecular weight is 659 g/mol. The molecule has 4 aliphatic rings. The second kappa shape index (κ2) is 11.7. The largest absolute Gasteiger partial charge is 0.478 e. The molecule has 7 nitrogen and oxygen atoms in total. The summed E-state index contributed by atoms with van der Waals surface area (Å²) in [5, 5.41) is 9.32. The van der Waals surface area contributed by atoms with Crippen molar-refractivity contribution >= 4 is 11.9 Å². The highest BCUT2D eigenvalue weighted by molar-refractivity contribution is 5.88. The van der Waals surface area contributed by atoms with Gasteiger partial charge in [0.15, 0.2) is 6.73 Å². The van der Waals surface area contributed by atoms with Crippen molar-refractivity contribution < 1.29 is 54.9 Å². The molecule has 6 rings (SSSR count). The number of rotatable bonds is 5. The zero-order chi connectivity index (χ0) is 33.2.